The van der Waals surface area contributed by atoms with Crippen LogP contribution in [0.2, 0.25) is 0 Å². The Labute approximate surface area is 169 Å². The summed E-state index contributed by atoms with van der Waals surface area (Å²) in [4.78, 5) is 25.2. The molecular weight excluding hydrogens is 390 g/mol. The Balaban J connectivity index is 1.57. The zero-order valence-electron chi connectivity index (χ0n) is 15.4. The lowest BCUT2D eigenvalue weighted by atomic mass is 10.1. The van der Waals surface area contributed by atoms with Crippen LogP contribution in [0.3, 0.4) is 0 Å². The fourth-order valence-corrected chi connectivity index (χ4v) is 3.58. The summed E-state index contributed by atoms with van der Waals surface area (Å²) in [6.45, 7) is 0. The maximum atomic E-state index is 12.6. The van der Waals surface area contributed by atoms with Crippen molar-refractivity contribution in [3.63, 3.8) is 0 Å². The summed E-state index contributed by atoms with van der Waals surface area (Å²) < 4.78 is 6.03. The third-order valence-electron chi connectivity index (χ3n) is 4.50. The Morgan fingerprint density at radius 2 is 1.86 bits per heavy atom. The lowest BCUT2D eigenvalue weighted by molar-refractivity contribution is 0.102. The first-order chi connectivity index (χ1) is 13.9. The zero-order chi connectivity index (χ0) is 20.5. The molecule has 2 aromatic heterocycles. The summed E-state index contributed by atoms with van der Waals surface area (Å²) in [6.07, 6.45) is 0. The van der Waals surface area contributed by atoms with E-state index in [1.54, 1.807) is 41.7 Å². The van der Waals surface area contributed by atoms with Gasteiger partial charge in [-0.1, -0.05) is 24.3 Å². The molecule has 4 N–H and O–H groups in total. The van der Waals surface area contributed by atoms with Gasteiger partial charge in [-0.3, -0.25) is 4.79 Å². The van der Waals surface area contributed by atoms with Gasteiger partial charge in [0.05, 0.1) is 11.4 Å². The first kappa shape index (κ1) is 18.6. The minimum absolute atomic E-state index is 0.0531. The first-order valence-electron chi connectivity index (χ1n) is 8.68. The molecule has 0 radical (unpaired) electrons. The number of hydrogen-bond acceptors (Lipinski definition) is 6. The molecule has 0 atom stereocenters. The molecule has 7 nitrogen and oxygen atoms in total. The summed E-state index contributed by atoms with van der Waals surface area (Å²) in [5.74, 6) is -1.21. The van der Waals surface area contributed by atoms with E-state index >= 15 is 0 Å². The summed E-state index contributed by atoms with van der Waals surface area (Å²) in [7, 11) is 1.40. The van der Waals surface area contributed by atoms with E-state index in [2.05, 4.69) is 5.32 Å². The third kappa shape index (κ3) is 3.53. The number of anilines is 2. The number of amides is 1. The zero-order valence-corrected chi connectivity index (χ0v) is 16.2. The van der Waals surface area contributed by atoms with Crippen LogP contribution in [0.4, 0.5) is 11.4 Å². The van der Waals surface area contributed by atoms with Crippen molar-refractivity contribution in [2.75, 3.05) is 11.1 Å². The number of oxazole rings is 1. The number of hydrogen-bond donors (Lipinski definition) is 3. The highest BCUT2D eigenvalue weighted by Crippen LogP contribution is 2.31. The number of carbonyl (C=O) groups excluding carboxylic acids is 1. The molecule has 0 saturated carbocycles. The molecule has 0 aliphatic carbocycles. The molecule has 1 amide bonds. The number of nitrogens with two attached hydrogens (primary N) is 1. The van der Waals surface area contributed by atoms with Gasteiger partial charge in [0.2, 0.25) is 5.88 Å². The average molecular weight is 407 g/mol. The smallest absolute Gasteiger partial charge is 0.422 e. The second-order valence-corrected chi connectivity index (χ2v) is 7.34. The monoisotopic (exact) mass is 407 g/mol. The molecule has 2 heterocycles. The Bertz CT molecular complexity index is 1240. The van der Waals surface area contributed by atoms with Crippen LogP contribution in [0.15, 0.2) is 69.2 Å². The van der Waals surface area contributed by atoms with Gasteiger partial charge in [0.15, 0.2) is 5.76 Å². The fourth-order valence-electron chi connectivity index (χ4n) is 2.86. The van der Waals surface area contributed by atoms with Crippen molar-refractivity contribution in [3.05, 3.63) is 76.1 Å². The Morgan fingerprint density at radius 3 is 2.48 bits per heavy atom. The van der Waals surface area contributed by atoms with Crippen molar-refractivity contribution in [3.8, 4) is 27.6 Å². The van der Waals surface area contributed by atoms with Crippen molar-refractivity contribution in [2.45, 2.75) is 0 Å². The predicted molar refractivity (Wildman–Crippen MR) is 113 cm³/mol. The van der Waals surface area contributed by atoms with Crippen LogP contribution in [-0.4, -0.2) is 15.6 Å². The van der Waals surface area contributed by atoms with Crippen LogP contribution in [0.1, 0.15) is 10.4 Å². The van der Waals surface area contributed by atoms with Crippen molar-refractivity contribution in [2.24, 2.45) is 7.05 Å². The molecule has 2 aromatic carbocycles. The molecule has 0 bridgehead atoms. The van der Waals surface area contributed by atoms with Crippen LogP contribution in [-0.2, 0) is 7.05 Å². The molecular formula is C21H17N3O4S. The lowest BCUT2D eigenvalue weighted by Gasteiger charge is -2.10. The van der Waals surface area contributed by atoms with Crippen LogP contribution in [0.25, 0.3) is 21.8 Å². The Hall–Kier alpha value is -3.78. The molecule has 8 heteroatoms. The van der Waals surface area contributed by atoms with E-state index in [0.29, 0.717) is 22.5 Å². The molecule has 146 valence electrons. The molecule has 0 unspecified atom stereocenters. The molecule has 0 spiro atoms. The molecule has 0 fully saturated rings. The minimum Gasteiger partial charge on any atom is -0.492 e. The van der Waals surface area contributed by atoms with Gasteiger partial charge < -0.3 is 20.6 Å². The van der Waals surface area contributed by atoms with Crippen LogP contribution in [0, 0.1) is 0 Å². The van der Waals surface area contributed by atoms with Gasteiger partial charge in [0.25, 0.3) is 5.91 Å². The van der Waals surface area contributed by atoms with Gasteiger partial charge in [-0.2, -0.15) is 0 Å². The maximum Gasteiger partial charge on any atom is 0.422 e. The fraction of sp³-hybridized carbons (Fsp3) is 0.0476. The number of thiophene rings is 1. The predicted octanol–water partition coefficient (Wildman–Crippen LogP) is 3.91. The van der Waals surface area contributed by atoms with Gasteiger partial charge >= 0.3 is 5.76 Å². The Kier molecular flexibility index (Phi) is 4.69. The van der Waals surface area contributed by atoms with E-state index in [1.807, 2.05) is 29.6 Å². The maximum absolute atomic E-state index is 12.6. The second kappa shape index (κ2) is 7.33. The molecule has 29 heavy (non-hydrogen) atoms. The molecule has 0 aliphatic heterocycles. The Morgan fingerprint density at radius 1 is 1.14 bits per heavy atom. The minimum atomic E-state index is -0.666. The SMILES string of the molecule is Cn1c(O)c(-c2ccc(C(=O)Nc3cc(-c4cccs4)ccc3N)cc2)oc1=O. The van der Waals surface area contributed by atoms with Gasteiger partial charge in [-0.15, -0.1) is 11.3 Å². The van der Waals surface area contributed by atoms with E-state index in [1.165, 1.54) is 7.05 Å². The van der Waals surface area contributed by atoms with Crippen molar-refractivity contribution in [1.82, 2.24) is 4.57 Å². The normalized spacial score (nSPS) is 10.8. The average Bonchev–Trinajstić information content (AvgIpc) is 3.35. The van der Waals surface area contributed by atoms with Crippen LogP contribution >= 0.6 is 11.3 Å². The largest absolute Gasteiger partial charge is 0.492 e. The topological polar surface area (TPSA) is 110 Å². The number of nitrogens with zero attached hydrogens (tertiary/aromatic N) is 1. The number of aromatic hydroxyl groups is 1. The lowest BCUT2D eigenvalue weighted by Crippen LogP contribution is -2.13. The van der Waals surface area contributed by atoms with E-state index in [0.717, 1.165) is 15.0 Å². The third-order valence-corrected chi connectivity index (χ3v) is 5.42. The summed E-state index contributed by atoms with van der Waals surface area (Å²) in [5, 5.41) is 14.8. The number of aromatic nitrogens is 1. The van der Waals surface area contributed by atoms with Gasteiger partial charge in [-0.05, 0) is 41.3 Å². The highest BCUT2D eigenvalue weighted by atomic mass is 32.1. The molecule has 4 aromatic rings. The van der Waals surface area contributed by atoms with E-state index < -0.39 is 5.76 Å². The summed E-state index contributed by atoms with van der Waals surface area (Å²) in [5.41, 5.74) is 8.85. The van der Waals surface area contributed by atoms with Crippen molar-refractivity contribution in [1.29, 1.82) is 0 Å². The number of benzene rings is 2. The highest BCUT2D eigenvalue weighted by Gasteiger charge is 2.16. The number of rotatable bonds is 4. The van der Waals surface area contributed by atoms with E-state index in [9.17, 15) is 14.7 Å². The number of nitrogen functional groups attached to an aromatic ring is 1. The van der Waals surface area contributed by atoms with Gasteiger partial charge in [0, 0.05) is 23.1 Å². The van der Waals surface area contributed by atoms with Gasteiger partial charge in [-0.25, -0.2) is 9.36 Å². The molecule has 4 rings (SSSR count). The highest BCUT2D eigenvalue weighted by molar-refractivity contribution is 7.13. The van der Waals surface area contributed by atoms with Crippen molar-refractivity contribution < 1.29 is 14.3 Å². The summed E-state index contributed by atoms with van der Waals surface area (Å²) >= 11 is 1.60. The second-order valence-electron chi connectivity index (χ2n) is 6.39. The van der Waals surface area contributed by atoms with E-state index in [4.69, 9.17) is 10.2 Å². The van der Waals surface area contributed by atoms with Crippen LogP contribution in [0.5, 0.6) is 5.88 Å². The van der Waals surface area contributed by atoms with Crippen molar-refractivity contribution >= 4 is 28.6 Å². The first-order valence-corrected chi connectivity index (χ1v) is 9.56. The number of nitrogens with one attached hydrogen (secondary N) is 1. The number of carbonyl (C=O) groups is 1. The summed E-state index contributed by atoms with van der Waals surface area (Å²) in [6, 6.07) is 15.8. The van der Waals surface area contributed by atoms with Crippen LogP contribution < -0.4 is 16.8 Å². The molecule has 0 saturated heterocycles. The van der Waals surface area contributed by atoms with E-state index in [-0.39, 0.29) is 17.5 Å². The molecule has 0 aliphatic rings. The van der Waals surface area contributed by atoms with Gasteiger partial charge in [0.1, 0.15) is 0 Å². The quantitative estimate of drug-likeness (QED) is 0.444. The standard InChI is InChI=1S/C21H17N3O4S/c1-24-20(26)18(28-21(24)27)12-4-6-13(7-5-12)19(25)23-16-11-14(8-9-15(16)22)17-3-2-10-29-17/h2-11,26H,22H2,1H3,(H,23,25).